The lowest BCUT2D eigenvalue weighted by Gasteiger charge is -2.34. The molecule has 0 saturated carbocycles. The van der Waals surface area contributed by atoms with Crippen LogP contribution in [0.2, 0.25) is 0 Å². The first-order valence-corrected chi connectivity index (χ1v) is 10.1. The minimum absolute atomic E-state index is 0.0759. The number of piperazine rings is 1. The van der Waals surface area contributed by atoms with Crippen LogP contribution in [0.4, 0.5) is 9.59 Å². The van der Waals surface area contributed by atoms with Gasteiger partial charge in [0, 0.05) is 31.6 Å². The summed E-state index contributed by atoms with van der Waals surface area (Å²) in [4.78, 5) is 56.0. The topological polar surface area (TPSA) is 144 Å². The largest absolute Gasteiger partial charge is 0.495 e. The number of hydrogen-bond acceptors (Lipinski definition) is 7. The van der Waals surface area contributed by atoms with Gasteiger partial charge < -0.3 is 25.0 Å². The molecule has 1 aliphatic rings. The van der Waals surface area contributed by atoms with Crippen molar-refractivity contribution in [3.63, 3.8) is 0 Å². The number of alkyl carbamates (subject to hydrolysis) is 1. The zero-order valence-electron chi connectivity index (χ0n) is 17.9. The summed E-state index contributed by atoms with van der Waals surface area (Å²) < 4.78 is 10.1. The highest BCUT2D eigenvalue weighted by atomic mass is 16.5. The molecule has 1 fully saturated rings. The molecule has 5 amide bonds. The van der Waals surface area contributed by atoms with Crippen LogP contribution in [0.15, 0.2) is 24.3 Å². The molecule has 0 bridgehead atoms. The van der Waals surface area contributed by atoms with Gasteiger partial charge in [-0.05, 0) is 19.1 Å². The number of nitrogens with two attached hydrogens (primary N) is 1. The average Bonchev–Trinajstić information content (AvgIpc) is 2.78. The lowest BCUT2D eigenvalue weighted by molar-refractivity contribution is -0.131. The molecular weight excluding hydrogens is 418 g/mol. The Hall–Kier alpha value is -3.89. The fraction of sp³-hybridized carbons (Fsp3) is 0.381. The maximum Gasteiger partial charge on any atom is 0.415 e. The normalized spacial score (nSPS) is 13.6. The van der Waals surface area contributed by atoms with Gasteiger partial charge in [-0.3, -0.25) is 14.6 Å². The summed E-state index contributed by atoms with van der Waals surface area (Å²) in [6.07, 6.45) is -0.958. The number of pyridine rings is 1. The van der Waals surface area contributed by atoms with Crippen molar-refractivity contribution in [3.05, 3.63) is 35.5 Å². The van der Waals surface area contributed by atoms with Crippen LogP contribution < -0.4 is 15.8 Å². The first kappa shape index (κ1) is 22.8. The third kappa shape index (κ3) is 4.88. The molecule has 1 aromatic heterocycles. The Balaban J connectivity index is 1.72. The predicted octanol–water partition coefficient (Wildman–Crippen LogP) is 0.895. The van der Waals surface area contributed by atoms with E-state index in [9.17, 15) is 19.2 Å². The molecule has 0 unspecified atom stereocenters. The van der Waals surface area contributed by atoms with Gasteiger partial charge in [-0.15, -0.1) is 0 Å². The number of para-hydroxylation sites is 1. The Morgan fingerprint density at radius 1 is 1.09 bits per heavy atom. The van der Waals surface area contributed by atoms with Gasteiger partial charge in [0.2, 0.25) is 5.91 Å². The van der Waals surface area contributed by atoms with E-state index in [1.54, 1.807) is 36.1 Å². The van der Waals surface area contributed by atoms with Crippen molar-refractivity contribution in [2.75, 3.05) is 39.9 Å². The molecule has 0 spiro atoms. The second kappa shape index (κ2) is 9.94. The van der Waals surface area contributed by atoms with Gasteiger partial charge in [0.25, 0.3) is 5.91 Å². The maximum atomic E-state index is 12.9. The summed E-state index contributed by atoms with van der Waals surface area (Å²) in [5, 5.41) is 2.76. The zero-order chi connectivity index (χ0) is 23.3. The molecule has 0 radical (unpaired) electrons. The van der Waals surface area contributed by atoms with Crippen molar-refractivity contribution < 1.29 is 28.7 Å². The second-order valence-electron chi connectivity index (χ2n) is 7.04. The number of methoxy groups -OCH3 is 1. The van der Waals surface area contributed by atoms with E-state index in [1.165, 1.54) is 12.0 Å². The number of imide groups is 1. The Morgan fingerprint density at radius 2 is 1.75 bits per heavy atom. The number of urea groups is 1. The van der Waals surface area contributed by atoms with Crippen molar-refractivity contribution in [2.24, 2.45) is 5.73 Å². The van der Waals surface area contributed by atoms with E-state index < -0.39 is 18.0 Å². The molecule has 0 atom stereocenters. The van der Waals surface area contributed by atoms with Crippen LogP contribution in [0.5, 0.6) is 5.75 Å². The van der Waals surface area contributed by atoms with Crippen molar-refractivity contribution in [3.8, 4) is 5.75 Å². The maximum absolute atomic E-state index is 12.9. The average molecular weight is 443 g/mol. The highest BCUT2D eigenvalue weighted by Crippen LogP contribution is 2.31. The van der Waals surface area contributed by atoms with Crippen LogP contribution in [0.3, 0.4) is 0 Å². The van der Waals surface area contributed by atoms with Crippen molar-refractivity contribution in [2.45, 2.75) is 13.3 Å². The van der Waals surface area contributed by atoms with E-state index in [0.717, 1.165) is 0 Å². The van der Waals surface area contributed by atoms with Gasteiger partial charge >= 0.3 is 12.1 Å². The molecule has 3 rings (SSSR count). The van der Waals surface area contributed by atoms with Gasteiger partial charge in [-0.1, -0.05) is 12.1 Å². The Bertz CT molecular complexity index is 1050. The molecule has 11 nitrogen and oxygen atoms in total. The molecule has 2 aromatic rings. The van der Waals surface area contributed by atoms with Crippen LogP contribution in [-0.2, 0) is 16.0 Å². The molecule has 3 N–H and O–H groups in total. The monoisotopic (exact) mass is 443 g/mol. The first-order valence-electron chi connectivity index (χ1n) is 10.1. The lowest BCUT2D eigenvalue weighted by atomic mass is 10.0. The number of benzene rings is 1. The molecule has 1 saturated heterocycles. The van der Waals surface area contributed by atoms with Gasteiger partial charge in [0.15, 0.2) is 0 Å². The summed E-state index contributed by atoms with van der Waals surface area (Å²) in [5.41, 5.74) is 6.47. The molecule has 0 aliphatic carbocycles. The third-order valence-electron chi connectivity index (χ3n) is 5.09. The van der Waals surface area contributed by atoms with E-state index >= 15 is 0 Å². The number of amides is 5. The summed E-state index contributed by atoms with van der Waals surface area (Å²) >= 11 is 0. The summed E-state index contributed by atoms with van der Waals surface area (Å²) in [6, 6.07) is 6.54. The van der Waals surface area contributed by atoms with Crippen LogP contribution in [0.1, 0.15) is 23.0 Å². The number of ether oxygens (including phenoxy) is 2. The molecule has 1 aromatic carbocycles. The number of carbonyl (C=O) groups excluding carboxylic acids is 4. The number of hydrogen-bond donors (Lipinski definition) is 2. The summed E-state index contributed by atoms with van der Waals surface area (Å²) in [7, 11) is 1.43. The highest BCUT2D eigenvalue weighted by Gasteiger charge is 2.28. The van der Waals surface area contributed by atoms with Crippen molar-refractivity contribution in [1.29, 1.82) is 0 Å². The Morgan fingerprint density at radius 3 is 2.38 bits per heavy atom. The van der Waals surface area contributed by atoms with E-state index in [2.05, 4.69) is 10.3 Å². The fourth-order valence-corrected chi connectivity index (χ4v) is 3.57. The summed E-state index contributed by atoms with van der Waals surface area (Å²) in [6.45, 7) is 2.82. The van der Waals surface area contributed by atoms with Gasteiger partial charge in [0.1, 0.15) is 11.3 Å². The van der Waals surface area contributed by atoms with E-state index in [4.69, 9.17) is 15.2 Å². The number of aromatic nitrogens is 1. The standard InChI is InChI=1S/C21H25N5O6/c1-3-32-21(30)24-20(29)26-10-8-25(9-11-26)16(27)12-15-17(19(22)28)18(31-2)13-6-4-5-7-14(13)23-15/h4-7H,3,8-12H2,1-2H3,(H2,22,28)(H,24,29,30). The lowest BCUT2D eigenvalue weighted by Crippen LogP contribution is -2.54. The number of nitrogens with zero attached hydrogens (tertiary/aromatic N) is 3. The predicted molar refractivity (Wildman–Crippen MR) is 114 cm³/mol. The quantitative estimate of drug-likeness (QED) is 0.698. The van der Waals surface area contributed by atoms with Crippen LogP contribution in [0.25, 0.3) is 10.9 Å². The third-order valence-corrected chi connectivity index (χ3v) is 5.09. The Labute approximate surface area is 184 Å². The smallest absolute Gasteiger partial charge is 0.415 e. The van der Waals surface area contributed by atoms with Crippen LogP contribution in [-0.4, -0.2) is 78.6 Å². The number of fused-ring (bicyclic) bond motifs is 1. The van der Waals surface area contributed by atoms with Crippen LogP contribution >= 0.6 is 0 Å². The first-order chi connectivity index (χ1) is 15.3. The van der Waals surface area contributed by atoms with Crippen molar-refractivity contribution in [1.82, 2.24) is 20.1 Å². The zero-order valence-corrected chi connectivity index (χ0v) is 17.9. The van der Waals surface area contributed by atoms with Gasteiger partial charge in [-0.25, -0.2) is 14.9 Å². The number of primary amides is 1. The second-order valence-corrected chi connectivity index (χ2v) is 7.04. The molecule has 2 heterocycles. The minimum atomic E-state index is -0.814. The number of carbonyl (C=O) groups is 4. The van der Waals surface area contributed by atoms with E-state index in [1.807, 2.05) is 0 Å². The molecule has 1 aliphatic heterocycles. The molecular formula is C21H25N5O6. The molecule has 170 valence electrons. The van der Waals surface area contributed by atoms with Gasteiger partial charge in [-0.2, -0.15) is 0 Å². The minimum Gasteiger partial charge on any atom is -0.495 e. The van der Waals surface area contributed by atoms with E-state index in [0.29, 0.717) is 10.9 Å². The van der Waals surface area contributed by atoms with Crippen molar-refractivity contribution >= 4 is 34.8 Å². The SMILES string of the molecule is CCOC(=O)NC(=O)N1CCN(C(=O)Cc2nc3ccccc3c(OC)c2C(N)=O)CC1. The fourth-order valence-electron chi connectivity index (χ4n) is 3.57. The highest BCUT2D eigenvalue weighted by molar-refractivity contribution is 6.03. The number of rotatable bonds is 5. The molecule has 32 heavy (non-hydrogen) atoms. The molecule has 11 heteroatoms. The van der Waals surface area contributed by atoms with E-state index in [-0.39, 0.29) is 62.1 Å². The van der Waals surface area contributed by atoms with Gasteiger partial charge in [0.05, 0.1) is 31.3 Å². The van der Waals surface area contributed by atoms with Crippen LogP contribution in [0, 0.1) is 0 Å². The Kier molecular flexibility index (Phi) is 7.08. The number of nitrogens with one attached hydrogen (secondary N) is 1. The summed E-state index contributed by atoms with van der Waals surface area (Å²) in [5.74, 6) is -0.711.